The van der Waals surface area contributed by atoms with E-state index in [4.69, 9.17) is 0 Å². The van der Waals surface area contributed by atoms with Crippen LogP contribution in [-0.4, -0.2) is 23.0 Å². The van der Waals surface area contributed by atoms with Crippen molar-refractivity contribution in [2.45, 2.75) is 71.8 Å². The number of amides is 1. The molecule has 1 aliphatic carbocycles. The molecule has 1 unspecified atom stereocenters. The quantitative estimate of drug-likeness (QED) is 0.712. The Labute approximate surface area is 116 Å². The third-order valence-electron chi connectivity index (χ3n) is 4.09. The molecule has 0 heterocycles. The van der Waals surface area contributed by atoms with E-state index in [9.17, 15) is 14.7 Å². The Bertz CT molecular complexity index is 321. The smallest absolute Gasteiger partial charge is 0.310 e. The number of carboxylic acids is 1. The topological polar surface area (TPSA) is 66.4 Å². The summed E-state index contributed by atoms with van der Waals surface area (Å²) in [7, 11) is 0. The maximum atomic E-state index is 11.9. The van der Waals surface area contributed by atoms with Gasteiger partial charge in [-0.15, -0.1) is 0 Å². The molecule has 1 aliphatic rings. The van der Waals surface area contributed by atoms with Gasteiger partial charge in [-0.25, -0.2) is 0 Å². The number of hydrogen-bond acceptors (Lipinski definition) is 2. The molecule has 19 heavy (non-hydrogen) atoms. The van der Waals surface area contributed by atoms with Gasteiger partial charge in [-0.2, -0.15) is 0 Å². The van der Waals surface area contributed by atoms with Gasteiger partial charge in [0.25, 0.3) is 0 Å². The molecule has 0 radical (unpaired) electrons. The van der Waals surface area contributed by atoms with E-state index in [2.05, 4.69) is 19.2 Å². The number of carbonyl (C=O) groups excluding carboxylic acids is 1. The van der Waals surface area contributed by atoms with Gasteiger partial charge in [-0.1, -0.05) is 33.1 Å². The van der Waals surface area contributed by atoms with Crippen LogP contribution in [0.15, 0.2) is 0 Å². The molecule has 0 saturated heterocycles. The summed E-state index contributed by atoms with van der Waals surface area (Å²) in [5.41, 5.74) is -0.776. The standard InChI is InChI=1S/C15H27NO3/c1-11(2)6-4-7-12(3)16-13(17)10-15(14(18)19)8-5-9-15/h11-12H,4-10H2,1-3H3,(H,16,17)(H,18,19). The predicted octanol–water partition coefficient (Wildman–Crippen LogP) is 2.96. The molecule has 0 aromatic carbocycles. The fourth-order valence-corrected chi connectivity index (χ4v) is 2.61. The Kier molecular flexibility index (Phi) is 5.83. The molecular weight excluding hydrogens is 242 g/mol. The fraction of sp³-hybridized carbons (Fsp3) is 0.867. The Hall–Kier alpha value is -1.06. The molecule has 1 amide bonds. The van der Waals surface area contributed by atoms with Crippen LogP contribution in [0.1, 0.15) is 65.7 Å². The molecule has 4 heteroatoms. The van der Waals surface area contributed by atoms with Crippen molar-refractivity contribution in [2.75, 3.05) is 0 Å². The van der Waals surface area contributed by atoms with E-state index in [1.54, 1.807) is 0 Å². The van der Waals surface area contributed by atoms with Crippen molar-refractivity contribution in [1.29, 1.82) is 0 Å². The largest absolute Gasteiger partial charge is 0.481 e. The van der Waals surface area contributed by atoms with Crippen LogP contribution >= 0.6 is 0 Å². The summed E-state index contributed by atoms with van der Waals surface area (Å²) in [4.78, 5) is 23.1. The molecule has 2 N–H and O–H groups in total. The third kappa shape index (κ3) is 4.84. The maximum Gasteiger partial charge on any atom is 0.310 e. The summed E-state index contributed by atoms with van der Waals surface area (Å²) in [5.74, 6) is -0.242. The molecular formula is C15H27NO3. The van der Waals surface area contributed by atoms with Gasteiger partial charge in [0.05, 0.1) is 5.41 Å². The first-order valence-electron chi connectivity index (χ1n) is 7.38. The highest BCUT2D eigenvalue weighted by molar-refractivity contribution is 5.85. The van der Waals surface area contributed by atoms with Crippen molar-refractivity contribution in [1.82, 2.24) is 5.32 Å². The van der Waals surface area contributed by atoms with Gasteiger partial charge in [-0.05, 0) is 32.1 Å². The van der Waals surface area contributed by atoms with E-state index in [0.717, 1.165) is 19.3 Å². The number of rotatable bonds is 8. The lowest BCUT2D eigenvalue weighted by Crippen LogP contribution is -2.44. The second-order valence-corrected chi connectivity index (χ2v) is 6.41. The molecule has 0 aliphatic heterocycles. The molecule has 1 rings (SSSR count). The van der Waals surface area contributed by atoms with Crippen molar-refractivity contribution < 1.29 is 14.7 Å². The van der Waals surface area contributed by atoms with Crippen LogP contribution in [0.5, 0.6) is 0 Å². The normalized spacial score (nSPS) is 18.7. The van der Waals surface area contributed by atoms with Gasteiger partial charge < -0.3 is 10.4 Å². The number of aliphatic carboxylic acids is 1. The lowest BCUT2D eigenvalue weighted by molar-refractivity contribution is -0.157. The van der Waals surface area contributed by atoms with Crippen molar-refractivity contribution in [3.8, 4) is 0 Å². The zero-order chi connectivity index (χ0) is 14.5. The average molecular weight is 269 g/mol. The molecule has 4 nitrogen and oxygen atoms in total. The van der Waals surface area contributed by atoms with Gasteiger partial charge >= 0.3 is 5.97 Å². The summed E-state index contributed by atoms with van der Waals surface area (Å²) in [5, 5.41) is 12.1. The number of carbonyl (C=O) groups is 2. The van der Waals surface area contributed by atoms with E-state index in [1.165, 1.54) is 6.42 Å². The summed E-state index contributed by atoms with van der Waals surface area (Å²) >= 11 is 0. The number of nitrogens with one attached hydrogen (secondary N) is 1. The van der Waals surface area contributed by atoms with Gasteiger partial charge in [0.15, 0.2) is 0 Å². The van der Waals surface area contributed by atoms with E-state index in [-0.39, 0.29) is 18.4 Å². The first-order valence-corrected chi connectivity index (χ1v) is 7.38. The van der Waals surface area contributed by atoms with Crippen LogP contribution in [0, 0.1) is 11.3 Å². The molecule has 0 bridgehead atoms. The minimum Gasteiger partial charge on any atom is -0.481 e. The van der Waals surface area contributed by atoms with Crippen molar-refractivity contribution in [3.63, 3.8) is 0 Å². The van der Waals surface area contributed by atoms with E-state index >= 15 is 0 Å². The average Bonchev–Trinajstić information content (AvgIpc) is 2.22. The molecule has 1 fully saturated rings. The Balaban J connectivity index is 2.28. The monoisotopic (exact) mass is 269 g/mol. The van der Waals surface area contributed by atoms with Crippen molar-refractivity contribution >= 4 is 11.9 Å². The number of hydrogen-bond donors (Lipinski definition) is 2. The second kappa shape index (κ2) is 6.92. The minimum absolute atomic E-state index is 0.112. The van der Waals surface area contributed by atoms with Crippen LogP contribution in [-0.2, 0) is 9.59 Å². The van der Waals surface area contributed by atoms with Crippen LogP contribution in [0.3, 0.4) is 0 Å². The lowest BCUT2D eigenvalue weighted by Gasteiger charge is -2.37. The van der Waals surface area contributed by atoms with E-state index in [1.807, 2.05) is 6.92 Å². The fourth-order valence-electron chi connectivity index (χ4n) is 2.61. The molecule has 1 atom stereocenters. The van der Waals surface area contributed by atoms with Gasteiger partial charge in [0.2, 0.25) is 5.91 Å². The molecule has 1 saturated carbocycles. The van der Waals surface area contributed by atoms with Gasteiger partial charge in [0.1, 0.15) is 0 Å². The third-order valence-corrected chi connectivity index (χ3v) is 4.09. The summed E-state index contributed by atoms with van der Waals surface area (Å²) in [6, 6.07) is 0.136. The van der Waals surface area contributed by atoms with Gasteiger partial charge in [0, 0.05) is 12.5 Å². The molecule has 0 spiro atoms. The lowest BCUT2D eigenvalue weighted by atomic mass is 9.66. The predicted molar refractivity (Wildman–Crippen MR) is 74.8 cm³/mol. The highest BCUT2D eigenvalue weighted by Crippen LogP contribution is 2.44. The zero-order valence-corrected chi connectivity index (χ0v) is 12.4. The molecule has 0 aromatic heterocycles. The van der Waals surface area contributed by atoms with Crippen LogP contribution in [0.2, 0.25) is 0 Å². The Morgan fingerprint density at radius 1 is 1.21 bits per heavy atom. The van der Waals surface area contributed by atoms with E-state index < -0.39 is 11.4 Å². The Morgan fingerprint density at radius 2 is 1.84 bits per heavy atom. The van der Waals surface area contributed by atoms with Crippen LogP contribution in [0.25, 0.3) is 0 Å². The number of carboxylic acid groups (broad SMARTS) is 1. The zero-order valence-electron chi connectivity index (χ0n) is 12.4. The highest BCUT2D eigenvalue weighted by Gasteiger charge is 2.45. The SMILES string of the molecule is CC(C)CCCC(C)NC(=O)CC1(C(=O)O)CCC1. The first-order chi connectivity index (χ1) is 8.85. The van der Waals surface area contributed by atoms with Crippen LogP contribution in [0.4, 0.5) is 0 Å². The minimum atomic E-state index is -0.818. The van der Waals surface area contributed by atoms with Crippen molar-refractivity contribution in [3.05, 3.63) is 0 Å². The Morgan fingerprint density at radius 3 is 2.26 bits per heavy atom. The maximum absolute atomic E-state index is 11.9. The summed E-state index contributed by atoms with van der Waals surface area (Å²) in [6.45, 7) is 6.37. The first kappa shape index (κ1) is 16.0. The summed E-state index contributed by atoms with van der Waals surface area (Å²) in [6.07, 6.45) is 5.56. The molecule has 0 aromatic rings. The van der Waals surface area contributed by atoms with Crippen LogP contribution < -0.4 is 5.32 Å². The summed E-state index contributed by atoms with van der Waals surface area (Å²) < 4.78 is 0. The molecule has 110 valence electrons. The van der Waals surface area contributed by atoms with Gasteiger partial charge in [-0.3, -0.25) is 9.59 Å². The second-order valence-electron chi connectivity index (χ2n) is 6.41. The highest BCUT2D eigenvalue weighted by atomic mass is 16.4. The van der Waals surface area contributed by atoms with Crippen molar-refractivity contribution in [2.24, 2.45) is 11.3 Å². The van der Waals surface area contributed by atoms with E-state index in [0.29, 0.717) is 18.8 Å².